The largest absolute Gasteiger partial charge is 1.00 e. The van der Waals surface area contributed by atoms with Crippen LogP contribution >= 0.6 is 0 Å². The molecule has 0 fully saturated rings. The maximum atomic E-state index is 11.2. The van der Waals surface area contributed by atoms with Gasteiger partial charge in [0.1, 0.15) is 0 Å². The first-order valence-corrected chi connectivity index (χ1v) is 5.58. The maximum Gasteiger partial charge on any atom is 1.00 e. The first kappa shape index (κ1) is 32.8. The van der Waals surface area contributed by atoms with Crippen LogP contribution in [0.15, 0.2) is 12.1 Å². The summed E-state index contributed by atoms with van der Waals surface area (Å²) in [6.45, 7) is 5.00. The molecule has 1 aromatic carbocycles. The second-order valence-electron chi connectivity index (χ2n) is 3.36. The van der Waals surface area contributed by atoms with Gasteiger partial charge in [0.25, 0.3) is 0 Å². The molecule has 0 aliphatic heterocycles. The Morgan fingerprint density at radius 2 is 0.870 bits per heavy atom. The van der Waals surface area contributed by atoms with Gasteiger partial charge in [-0.05, 0) is 19.1 Å². The zero-order valence-electron chi connectivity index (χ0n) is 14.0. The second kappa shape index (κ2) is 16.4. The van der Waals surface area contributed by atoms with Crippen molar-refractivity contribution in [1.29, 1.82) is 0 Å². The van der Waals surface area contributed by atoms with Gasteiger partial charge in [0.05, 0.1) is 17.9 Å². The molecule has 0 aromatic heterocycles. The predicted molar refractivity (Wildman–Crippen MR) is 60.8 cm³/mol. The quantitative estimate of drug-likeness (QED) is 0.364. The van der Waals surface area contributed by atoms with Crippen molar-refractivity contribution >= 4 is 23.7 Å². The number of rotatable bonds is 4. The normalized spacial score (nSPS) is 7.96. The summed E-state index contributed by atoms with van der Waals surface area (Å²) in [5.41, 5.74) is -2.91. The van der Waals surface area contributed by atoms with Crippen LogP contribution in [0, 0.1) is 0 Å². The van der Waals surface area contributed by atoms with Gasteiger partial charge in [-0.3, -0.25) is 4.79 Å². The molecule has 1 aromatic rings. The van der Waals surface area contributed by atoms with E-state index in [-0.39, 0.29) is 154 Å². The fourth-order valence-corrected chi connectivity index (χ4v) is 1.40. The first-order chi connectivity index (χ1) is 9.25. The minimum Gasteiger partial charge on any atom is -0.545 e. The summed E-state index contributed by atoms with van der Waals surface area (Å²) in [6.07, 6.45) is 0. The molecule has 0 saturated carbocycles. The topological polar surface area (TPSA) is 137 Å². The van der Waals surface area contributed by atoms with Crippen LogP contribution in [0.3, 0.4) is 0 Å². The number of ketones is 1. The summed E-state index contributed by atoms with van der Waals surface area (Å²) in [4.78, 5) is 43.3. The molecule has 0 spiro atoms. The first-order valence-electron chi connectivity index (χ1n) is 5.58. The molecule has 0 saturated heterocycles. The van der Waals surface area contributed by atoms with E-state index in [4.69, 9.17) is 0 Å². The van der Waals surface area contributed by atoms with Gasteiger partial charge in [-0.1, -0.05) is 13.8 Å². The van der Waals surface area contributed by atoms with E-state index >= 15 is 0 Å². The number of benzene rings is 1. The molecule has 0 unspecified atom stereocenters. The van der Waals surface area contributed by atoms with Gasteiger partial charge in [-0.15, -0.1) is 0 Å². The van der Waals surface area contributed by atoms with Gasteiger partial charge in [0, 0.05) is 22.3 Å². The van der Waals surface area contributed by atoms with Crippen molar-refractivity contribution in [2.75, 3.05) is 0 Å². The third-order valence-corrected chi connectivity index (χ3v) is 2.20. The summed E-state index contributed by atoms with van der Waals surface area (Å²) < 4.78 is 0. The number of carbonyl (C=O) groups is 4. The summed E-state index contributed by atoms with van der Waals surface area (Å²) >= 11 is 0. The minimum absolute atomic E-state index is 0. The average molecular weight is 397 g/mol. The van der Waals surface area contributed by atoms with Crippen LogP contribution in [0.4, 0.5) is 0 Å². The molecule has 10 heteroatoms. The number of hydrogen-bond acceptors (Lipinski definition) is 7. The van der Waals surface area contributed by atoms with E-state index in [1.54, 1.807) is 0 Å². The van der Waals surface area contributed by atoms with Crippen LogP contribution in [0.1, 0.15) is 62.2 Å². The molecule has 23 heavy (non-hydrogen) atoms. The van der Waals surface area contributed by atoms with E-state index in [2.05, 4.69) is 0 Å². The van der Waals surface area contributed by atoms with Gasteiger partial charge >= 0.3 is 154 Å². The maximum absolute atomic E-state index is 11.2. The zero-order chi connectivity index (χ0) is 16.0. The third kappa shape index (κ3) is 10.2. The van der Waals surface area contributed by atoms with Crippen molar-refractivity contribution in [3.8, 4) is 0 Å². The molecule has 0 amide bonds. The Morgan fingerprint density at radius 1 is 0.652 bits per heavy atom. The molecule has 0 atom stereocenters. The molecule has 0 aliphatic carbocycles. The molecular formula is C13H11K3O7. The smallest absolute Gasteiger partial charge is 0.545 e. The SMILES string of the molecule is CC.CC(=O)c1cc(C(=O)[O-])c(C(=O)[O-])cc1C(=O)[O-].[K+].[K+].[K+]. The molecule has 7 nitrogen and oxygen atoms in total. The Bertz CT molecular complexity index is 487. The molecule has 0 radical (unpaired) electrons. The van der Waals surface area contributed by atoms with Crippen molar-refractivity contribution in [3.05, 3.63) is 34.4 Å². The molecule has 0 heterocycles. The third-order valence-electron chi connectivity index (χ3n) is 2.20. The van der Waals surface area contributed by atoms with Crippen molar-refractivity contribution in [2.45, 2.75) is 20.8 Å². The van der Waals surface area contributed by atoms with Crippen molar-refractivity contribution in [3.63, 3.8) is 0 Å². The Labute approximate surface area is 261 Å². The van der Waals surface area contributed by atoms with Crippen LogP contribution in [0.5, 0.6) is 0 Å². The van der Waals surface area contributed by atoms with Gasteiger partial charge in [-0.2, -0.15) is 0 Å². The molecule has 0 N–H and O–H groups in total. The Morgan fingerprint density at radius 3 is 1.09 bits per heavy atom. The van der Waals surface area contributed by atoms with E-state index in [9.17, 15) is 34.5 Å². The predicted octanol–water partition coefficient (Wildman–Crippen LogP) is -11.0. The number of aromatic carboxylic acids is 3. The number of hydrogen-bond donors (Lipinski definition) is 0. The Hall–Kier alpha value is 2.21. The molecule has 108 valence electrons. The summed E-state index contributed by atoms with van der Waals surface area (Å²) in [5, 5.41) is 32.1. The van der Waals surface area contributed by atoms with Crippen LogP contribution < -0.4 is 169 Å². The van der Waals surface area contributed by atoms with Gasteiger partial charge in [-0.25, -0.2) is 0 Å². The summed E-state index contributed by atoms with van der Waals surface area (Å²) in [6, 6.07) is 1.13. The van der Waals surface area contributed by atoms with E-state index in [0.29, 0.717) is 12.1 Å². The number of carbonyl (C=O) groups excluding carboxylic acids is 4. The van der Waals surface area contributed by atoms with Gasteiger partial charge < -0.3 is 29.7 Å². The van der Waals surface area contributed by atoms with Gasteiger partial charge in [0.15, 0.2) is 5.78 Å². The fraction of sp³-hybridized carbons (Fsp3) is 0.231. The van der Waals surface area contributed by atoms with E-state index in [1.807, 2.05) is 13.8 Å². The number of carboxylic acids is 3. The summed E-state index contributed by atoms with van der Waals surface area (Å²) in [7, 11) is 0. The molecular weight excluding hydrogens is 385 g/mol. The average Bonchev–Trinajstić information content (AvgIpc) is 2.38. The summed E-state index contributed by atoms with van der Waals surface area (Å²) in [5.74, 6) is -6.30. The van der Waals surface area contributed by atoms with Crippen LogP contribution in [-0.2, 0) is 0 Å². The number of carboxylic acid groups (broad SMARTS) is 3. The van der Waals surface area contributed by atoms with Gasteiger partial charge in [0.2, 0.25) is 0 Å². The fourth-order valence-electron chi connectivity index (χ4n) is 1.40. The van der Waals surface area contributed by atoms with E-state index in [1.165, 1.54) is 0 Å². The second-order valence-corrected chi connectivity index (χ2v) is 3.36. The Balaban J connectivity index is -0.000000347. The number of Topliss-reactive ketones (excluding diaryl/α,β-unsaturated/α-hetero) is 1. The standard InChI is InChI=1S/C11H8O7.C2H6.3K/c1-4(12)5-2-7(10(15)16)8(11(17)18)3-6(5)9(13)14;1-2;;;/h2-3H,1H3,(H,13,14)(H,15,16)(H,17,18);1-2H3;;;/q;;3*+1/p-3. The minimum atomic E-state index is -1.90. The van der Waals surface area contributed by atoms with Crippen molar-refractivity contribution < 1.29 is 189 Å². The molecule has 0 bridgehead atoms. The molecule has 0 aliphatic rings. The monoisotopic (exact) mass is 396 g/mol. The van der Waals surface area contributed by atoms with Crippen molar-refractivity contribution in [1.82, 2.24) is 0 Å². The van der Waals surface area contributed by atoms with Crippen molar-refractivity contribution in [2.24, 2.45) is 0 Å². The van der Waals surface area contributed by atoms with E-state index in [0.717, 1.165) is 6.92 Å². The molecule has 1 rings (SSSR count). The van der Waals surface area contributed by atoms with Crippen LogP contribution in [0.2, 0.25) is 0 Å². The Kier molecular flexibility index (Phi) is 23.4. The zero-order valence-corrected chi connectivity index (χ0v) is 23.4. The van der Waals surface area contributed by atoms with Crippen LogP contribution in [-0.4, -0.2) is 23.7 Å². The van der Waals surface area contributed by atoms with Crippen LogP contribution in [0.25, 0.3) is 0 Å². The van der Waals surface area contributed by atoms with E-state index < -0.39 is 45.9 Å².